The summed E-state index contributed by atoms with van der Waals surface area (Å²) in [6, 6.07) is 6.12. The third-order valence-corrected chi connectivity index (χ3v) is 5.41. The Morgan fingerprint density at radius 3 is 2.55 bits per heavy atom. The van der Waals surface area contributed by atoms with Gasteiger partial charge in [0.2, 0.25) is 0 Å². The summed E-state index contributed by atoms with van der Waals surface area (Å²) >= 11 is 0. The first kappa shape index (κ1) is 20.8. The minimum atomic E-state index is -1.14. The summed E-state index contributed by atoms with van der Waals surface area (Å²) < 4.78 is 1.92. The Hall–Kier alpha value is -2.91. The molecule has 4 amide bonds. The summed E-state index contributed by atoms with van der Waals surface area (Å²) in [7, 11) is 1.91. The van der Waals surface area contributed by atoms with Crippen molar-refractivity contribution in [1.29, 1.82) is 0 Å². The third kappa shape index (κ3) is 3.58. The molecule has 2 saturated heterocycles. The Morgan fingerprint density at radius 1 is 1.24 bits per heavy atom. The highest BCUT2D eigenvalue weighted by Gasteiger charge is 2.43. The average Bonchev–Trinajstić information content (AvgIpc) is 3.24. The van der Waals surface area contributed by atoms with Crippen LogP contribution in [-0.4, -0.2) is 51.9 Å². The number of carbonyl (C=O) groups is 3. The number of urea groups is 1. The first-order valence-electron chi connectivity index (χ1n) is 9.13. The zero-order valence-corrected chi connectivity index (χ0v) is 17.0. The topological polar surface area (TPSA) is 108 Å². The molecule has 2 aliphatic rings. The number of aryl methyl sites for hydroxylation is 1. The van der Waals surface area contributed by atoms with Crippen LogP contribution in [0.25, 0.3) is 0 Å². The molecule has 2 atom stereocenters. The van der Waals surface area contributed by atoms with Crippen molar-refractivity contribution in [3.05, 3.63) is 53.6 Å². The number of hydrogen-bond acceptors (Lipinski definition) is 5. The number of nitrogens with zero attached hydrogens (tertiary/aromatic N) is 3. The van der Waals surface area contributed by atoms with Crippen LogP contribution in [0.1, 0.15) is 34.7 Å². The number of benzene rings is 1. The maximum Gasteiger partial charge on any atom is 0.322 e. The highest BCUT2D eigenvalue weighted by molar-refractivity contribution is 6.07. The van der Waals surface area contributed by atoms with Crippen LogP contribution in [0.3, 0.4) is 0 Å². The zero-order valence-electron chi connectivity index (χ0n) is 16.1. The van der Waals surface area contributed by atoms with Crippen molar-refractivity contribution in [3.63, 3.8) is 0 Å². The van der Waals surface area contributed by atoms with Gasteiger partial charge in [-0.2, -0.15) is 0 Å². The van der Waals surface area contributed by atoms with Gasteiger partial charge in [0, 0.05) is 44.6 Å². The highest BCUT2D eigenvalue weighted by Crippen LogP contribution is 2.26. The molecule has 3 heterocycles. The fraction of sp³-hybridized carbons (Fsp3) is 0.368. The van der Waals surface area contributed by atoms with Gasteiger partial charge in [0.05, 0.1) is 0 Å². The van der Waals surface area contributed by atoms with Gasteiger partial charge in [0.25, 0.3) is 11.8 Å². The SMILES string of the molecule is Cl.Cn1ccnc1C1CNCCN1C(=O)c1ccc(C2(C)NC(=O)NC2=O)cc1. The smallest absolute Gasteiger partial charge is 0.322 e. The molecular weight excluding hydrogens is 396 g/mol. The van der Waals surface area contributed by atoms with Crippen LogP contribution in [0.2, 0.25) is 0 Å². The molecule has 2 unspecified atom stereocenters. The molecule has 10 heteroatoms. The van der Waals surface area contributed by atoms with Crippen molar-refractivity contribution >= 4 is 30.3 Å². The average molecular weight is 419 g/mol. The molecule has 0 aliphatic carbocycles. The maximum atomic E-state index is 13.2. The number of carbonyl (C=O) groups excluding carboxylic acids is 3. The van der Waals surface area contributed by atoms with E-state index in [1.807, 2.05) is 22.7 Å². The van der Waals surface area contributed by atoms with Gasteiger partial charge in [0.15, 0.2) is 0 Å². The van der Waals surface area contributed by atoms with Gasteiger partial charge < -0.3 is 20.1 Å². The molecule has 0 bridgehead atoms. The van der Waals surface area contributed by atoms with Crippen molar-refractivity contribution in [2.45, 2.75) is 18.5 Å². The second kappa shape index (κ2) is 7.84. The fourth-order valence-electron chi connectivity index (χ4n) is 3.73. The monoisotopic (exact) mass is 418 g/mol. The number of amides is 4. The van der Waals surface area contributed by atoms with Gasteiger partial charge in [0.1, 0.15) is 17.4 Å². The van der Waals surface area contributed by atoms with Crippen LogP contribution in [0.5, 0.6) is 0 Å². The van der Waals surface area contributed by atoms with Crippen LogP contribution in [0.15, 0.2) is 36.7 Å². The standard InChI is InChI=1S/C19H22N6O3.ClH/c1-19(17(27)22-18(28)23-19)13-5-3-12(4-6-13)16(26)25-10-7-20-11-14(25)15-21-8-9-24(15)2;/h3-6,8-9,14,20H,7,10-11H2,1-2H3,(H2,22,23,27,28);1H. The van der Waals surface area contributed by atoms with Gasteiger partial charge in [-0.15, -0.1) is 12.4 Å². The molecule has 0 spiro atoms. The molecule has 0 radical (unpaired) electrons. The lowest BCUT2D eigenvalue weighted by molar-refractivity contribution is -0.123. The number of piperazine rings is 1. The number of imidazole rings is 1. The molecule has 29 heavy (non-hydrogen) atoms. The Balaban J connectivity index is 0.00000240. The summed E-state index contributed by atoms with van der Waals surface area (Å²) in [6.45, 7) is 3.57. The molecule has 3 N–H and O–H groups in total. The van der Waals surface area contributed by atoms with E-state index in [-0.39, 0.29) is 24.4 Å². The number of imide groups is 1. The van der Waals surface area contributed by atoms with Crippen molar-refractivity contribution in [3.8, 4) is 0 Å². The molecule has 1 aromatic carbocycles. The van der Waals surface area contributed by atoms with Gasteiger partial charge >= 0.3 is 6.03 Å². The molecule has 0 saturated carbocycles. The molecule has 2 aromatic rings. The lowest BCUT2D eigenvalue weighted by Gasteiger charge is -2.36. The Bertz CT molecular complexity index is 944. The van der Waals surface area contributed by atoms with Gasteiger partial charge in [-0.1, -0.05) is 12.1 Å². The van der Waals surface area contributed by atoms with Crippen LogP contribution >= 0.6 is 12.4 Å². The van der Waals surface area contributed by atoms with Gasteiger partial charge in [-0.25, -0.2) is 9.78 Å². The van der Waals surface area contributed by atoms with Crippen LogP contribution in [0.4, 0.5) is 4.79 Å². The third-order valence-electron chi connectivity index (χ3n) is 5.41. The molecule has 1 aromatic heterocycles. The number of hydrogen-bond donors (Lipinski definition) is 3. The number of halogens is 1. The summed E-state index contributed by atoms with van der Waals surface area (Å²) in [5.74, 6) is 0.328. The number of nitrogens with one attached hydrogen (secondary N) is 3. The highest BCUT2D eigenvalue weighted by atomic mass is 35.5. The van der Waals surface area contributed by atoms with Crippen LogP contribution < -0.4 is 16.0 Å². The normalized spacial score (nSPS) is 23.9. The van der Waals surface area contributed by atoms with Crippen molar-refractivity contribution in [1.82, 2.24) is 30.4 Å². The first-order chi connectivity index (χ1) is 13.4. The molecule has 154 valence electrons. The van der Waals surface area contributed by atoms with E-state index in [4.69, 9.17) is 0 Å². The summed E-state index contributed by atoms with van der Waals surface area (Å²) in [5.41, 5.74) is 0.00924. The van der Waals surface area contributed by atoms with E-state index in [0.717, 1.165) is 12.4 Å². The molecule has 4 rings (SSSR count). The predicted octanol–water partition coefficient (Wildman–Crippen LogP) is 0.683. The zero-order chi connectivity index (χ0) is 19.9. The molecule has 2 aliphatic heterocycles. The van der Waals surface area contributed by atoms with Gasteiger partial charge in [-0.05, 0) is 24.6 Å². The Morgan fingerprint density at radius 2 is 1.97 bits per heavy atom. The lowest BCUT2D eigenvalue weighted by Crippen LogP contribution is -2.49. The maximum absolute atomic E-state index is 13.2. The molecule has 9 nitrogen and oxygen atoms in total. The lowest BCUT2D eigenvalue weighted by atomic mass is 9.91. The fourth-order valence-corrected chi connectivity index (χ4v) is 3.73. The Labute approximate surface area is 174 Å². The van der Waals surface area contributed by atoms with Crippen molar-refractivity contribution < 1.29 is 14.4 Å². The van der Waals surface area contributed by atoms with Gasteiger partial charge in [-0.3, -0.25) is 14.9 Å². The van der Waals surface area contributed by atoms with E-state index in [0.29, 0.717) is 24.2 Å². The molecular formula is C19H23ClN6O3. The number of aromatic nitrogens is 2. The summed E-state index contributed by atoms with van der Waals surface area (Å²) in [5, 5.41) is 8.18. The van der Waals surface area contributed by atoms with E-state index < -0.39 is 17.5 Å². The molecule has 2 fully saturated rings. The van der Waals surface area contributed by atoms with E-state index in [9.17, 15) is 14.4 Å². The van der Waals surface area contributed by atoms with E-state index >= 15 is 0 Å². The summed E-state index contributed by atoms with van der Waals surface area (Å²) in [6.07, 6.45) is 3.59. The van der Waals surface area contributed by atoms with E-state index in [2.05, 4.69) is 20.9 Å². The minimum absolute atomic E-state index is 0. The quantitative estimate of drug-likeness (QED) is 0.635. The van der Waals surface area contributed by atoms with Crippen molar-refractivity contribution in [2.75, 3.05) is 19.6 Å². The van der Waals surface area contributed by atoms with E-state index in [1.165, 1.54) is 0 Å². The predicted molar refractivity (Wildman–Crippen MR) is 108 cm³/mol. The Kier molecular flexibility index (Phi) is 5.63. The van der Waals surface area contributed by atoms with Crippen molar-refractivity contribution in [2.24, 2.45) is 7.05 Å². The van der Waals surface area contributed by atoms with E-state index in [1.54, 1.807) is 37.4 Å². The van der Waals surface area contributed by atoms with Crippen LogP contribution in [-0.2, 0) is 17.4 Å². The number of rotatable bonds is 3. The summed E-state index contributed by atoms with van der Waals surface area (Å²) in [4.78, 5) is 43.0. The first-order valence-corrected chi connectivity index (χ1v) is 9.13. The minimum Gasteiger partial charge on any atom is -0.336 e. The second-order valence-electron chi connectivity index (χ2n) is 7.23. The largest absolute Gasteiger partial charge is 0.336 e. The van der Waals surface area contributed by atoms with Crippen LogP contribution in [0, 0.1) is 0 Å². The second-order valence-corrected chi connectivity index (χ2v) is 7.23.